The molecule has 1 unspecified atom stereocenters. The van der Waals surface area contributed by atoms with Crippen molar-refractivity contribution >= 4 is 22.5 Å². The van der Waals surface area contributed by atoms with E-state index in [4.69, 9.17) is 26.3 Å². The minimum absolute atomic E-state index is 0.0510. The zero-order chi connectivity index (χ0) is 23.4. The van der Waals surface area contributed by atoms with Gasteiger partial charge in [-0.2, -0.15) is 5.10 Å². The quantitative estimate of drug-likeness (QED) is 0.430. The molecule has 2 aliphatic rings. The SMILES string of the molecule is Cn1cc([C@@H]2CC(c3cc4c(=O)n5c(nc4c(-c4ccc(Cl)cc4F)n3)CCC5)CCO2)cn1. The van der Waals surface area contributed by atoms with Crippen LogP contribution in [-0.4, -0.2) is 30.9 Å². The van der Waals surface area contributed by atoms with Crippen molar-refractivity contribution in [2.75, 3.05) is 6.61 Å². The molecule has 1 fully saturated rings. The predicted molar refractivity (Wildman–Crippen MR) is 126 cm³/mol. The molecule has 0 radical (unpaired) electrons. The summed E-state index contributed by atoms with van der Waals surface area (Å²) in [7, 11) is 1.88. The Morgan fingerprint density at radius 2 is 2.12 bits per heavy atom. The molecule has 2 aliphatic heterocycles. The van der Waals surface area contributed by atoms with Crippen LogP contribution in [-0.2, 0) is 24.8 Å². The van der Waals surface area contributed by atoms with Crippen molar-refractivity contribution in [2.45, 2.75) is 44.2 Å². The van der Waals surface area contributed by atoms with E-state index >= 15 is 4.39 Å². The zero-order valence-electron chi connectivity index (χ0n) is 18.7. The van der Waals surface area contributed by atoms with E-state index in [1.165, 1.54) is 6.07 Å². The molecule has 0 spiro atoms. The molecule has 0 bridgehead atoms. The first kappa shape index (κ1) is 21.4. The maximum atomic E-state index is 15.0. The highest BCUT2D eigenvalue weighted by atomic mass is 35.5. The third-order valence-corrected chi connectivity index (χ3v) is 7.04. The number of hydrogen-bond donors (Lipinski definition) is 0. The standard InChI is InChI=1S/C25H23ClFN5O2/c1-31-13-15(12-28-31)21-9-14(6-8-34-21)20-11-18-24(30-22-3-2-7-32(22)25(18)33)23(29-20)17-5-4-16(26)10-19(17)27/h4-5,10-14,21H,2-3,6-9H2,1H3/t14?,21-/m0/s1. The summed E-state index contributed by atoms with van der Waals surface area (Å²) in [4.78, 5) is 23.1. The number of ether oxygens (including phenoxy) is 1. The molecule has 34 heavy (non-hydrogen) atoms. The maximum Gasteiger partial charge on any atom is 0.261 e. The highest BCUT2D eigenvalue weighted by Gasteiger charge is 2.29. The van der Waals surface area contributed by atoms with Crippen LogP contribution in [0.5, 0.6) is 0 Å². The first-order chi connectivity index (χ1) is 16.5. The number of nitrogens with zero attached hydrogens (tertiary/aromatic N) is 5. The van der Waals surface area contributed by atoms with Gasteiger partial charge in [0.15, 0.2) is 0 Å². The normalized spacial score (nSPS) is 20.1. The van der Waals surface area contributed by atoms with Crippen molar-refractivity contribution in [2.24, 2.45) is 7.05 Å². The molecular weight excluding hydrogens is 457 g/mol. The minimum atomic E-state index is -0.485. The summed E-state index contributed by atoms with van der Waals surface area (Å²) in [5.41, 5.74) is 2.80. The molecular formula is C25H23ClFN5O2. The second-order valence-electron chi connectivity index (χ2n) is 9.03. The summed E-state index contributed by atoms with van der Waals surface area (Å²) in [6, 6.07) is 6.36. The van der Waals surface area contributed by atoms with Crippen LogP contribution in [0.15, 0.2) is 41.5 Å². The van der Waals surface area contributed by atoms with Gasteiger partial charge in [0.1, 0.15) is 17.2 Å². The second-order valence-corrected chi connectivity index (χ2v) is 9.47. The Hall–Kier alpha value is -3.10. The summed E-state index contributed by atoms with van der Waals surface area (Å²) in [5, 5.41) is 5.04. The van der Waals surface area contributed by atoms with Crippen molar-refractivity contribution in [3.8, 4) is 11.3 Å². The third-order valence-electron chi connectivity index (χ3n) is 6.81. The van der Waals surface area contributed by atoms with Crippen LogP contribution in [0.25, 0.3) is 22.2 Å². The Balaban J connectivity index is 1.52. The Morgan fingerprint density at radius 3 is 2.91 bits per heavy atom. The van der Waals surface area contributed by atoms with Gasteiger partial charge < -0.3 is 4.74 Å². The van der Waals surface area contributed by atoms with E-state index in [-0.39, 0.29) is 17.6 Å². The first-order valence-electron chi connectivity index (χ1n) is 11.5. The molecule has 7 nitrogen and oxygen atoms in total. The van der Waals surface area contributed by atoms with E-state index in [2.05, 4.69) is 5.10 Å². The maximum absolute atomic E-state index is 15.0. The number of halogens is 2. The summed E-state index contributed by atoms with van der Waals surface area (Å²) in [6.45, 7) is 1.22. The van der Waals surface area contributed by atoms with Gasteiger partial charge in [0.05, 0.1) is 23.4 Å². The molecule has 0 aliphatic carbocycles. The molecule has 4 aromatic rings. The van der Waals surface area contributed by atoms with Crippen LogP contribution in [0.4, 0.5) is 4.39 Å². The van der Waals surface area contributed by atoms with Crippen LogP contribution in [0.2, 0.25) is 5.02 Å². The fraction of sp³-hybridized carbons (Fsp3) is 0.360. The topological polar surface area (TPSA) is 74.8 Å². The lowest BCUT2D eigenvalue weighted by atomic mass is 9.89. The number of rotatable bonds is 3. The minimum Gasteiger partial charge on any atom is -0.373 e. The van der Waals surface area contributed by atoms with Gasteiger partial charge in [-0.25, -0.2) is 9.37 Å². The lowest BCUT2D eigenvalue weighted by Gasteiger charge is -2.29. The highest BCUT2D eigenvalue weighted by molar-refractivity contribution is 6.30. The molecule has 9 heteroatoms. The van der Waals surface area contributed by atoms with E-state index < -0.39 is 5.82 Å². The van der Waals surface area contributed by atoms with Crippen LogP contribution in [0, 0.1) is 5.82 Å². The van der Waals surface area contributed by atoms with Crippen LogP contribution in [0.1, 0.15) is 48.4 Å². The number of hydrogen-bond acceptors (Lipinski definition) is 5. The second kappa shape index (κ2) is 8.29. The first-order valence-corrected chi connectivity index (χ1v) is 11.9. The number of pyridine rings is 1. The largest absolute Gasteiger partial charge is 0.373 e. The summed E-state index contributed by atoms with van der Waals surface area (Å²) in [6.07, 6.45) is 6.71. The van der Waals surface area contributed by atoms with Gasteiger partial charge in [-0.1, -0.05) is 11.6 Å². The van der Waals surface area contributed by atoms with Crippen molar-refractivity contribution in [3.63, 3.8) is 0 Å². The molecule has 174 valence electrons. The number of benzene rings is 1. The van der Waals surface area contributed by atoms with E-state index in [9.17, 15) is 4.79 Å². The summed E-state index contributed by atoms with van der Waals surface area (Å²) < 4.78 is 24.5. The van der Waals surface area contributed by atoms with Gasteiger partial charge >= 0.3 is 0 Å². The fourth-order valence-electron chi connectivity index (χ4n) is 5.09. The van der Waals surface area contributed by atoms with Gasteiger partial charge in [-0.3, -0.25) is 19.0 Å². The van der Waals surface area contributed by atoms with E-state index in [1.807, 2.05) is 25.5 Å². The fourth-order valence-corrected chi connectivity index (χ4v) is 5.24. The Kier molecular flexibility index (Phi) is 5.22. The zero-order valence-corrected chi connectivity index (χ0v) is 19.4. The average Bonchev–Trinajstić information content (AvgIpc) is 3.48. The molecule has 6 rings (SSSR count). The van der Waals surface area contributed by atoms with Crippen molar-refractivity contribution < 1.29 is 9.13 Å². The Morgan fingerprint density at radius 1 is 1.24 bits per heavy atom. The smallest absolute Gasteiger partial charge is 0.261 e. The van der Waals surface area contributed by atoms with Crippen LogP contribution >= 0.6 is 11.6 Å². The predicted octanol–water partition coefficient (Wildman–Crippen LogP) is 4.57. The van der Waals surface area contributed by atoms with Crippen LogP contribution < -0.4 is 5.56 Å². The van der Waals surface area contributed by atoms with Crippen molar-refractivity contribution in [1.29, 1.82) is 0 Å². The number of aryl methyl sites for hydroxylation is 2. The molecule has 0 amide bonds. The monoisotopic (exact) mass is 479 g/mol. The van der Waals surface area contributed by atoms with Gasteiger partial charge in [0.2, 0.25) is 0 Å². The molecule has 0 N–H and O–H groups in total. The van der Waals surface area contributed by atoms with Crippen LogP contribution in [0.3, 0.4) is 0 Å². The molecule has 0 saturated carbocycles. The molecule has 2 atom stereocenters. The molecule has 3 aromatic heterocycles. The average molecular weight is 480 g/mol. The third kappa shape index (κ3) is 3.61. The van der Waals surface area contributed by atoms with Gasteiger partial charge in [-0.05, 0) is 43.5 Å². The summed E-state index contributed by atoms with van der Waals surface area (Å²) in [5.74, 6) is 0.293. The molecule has 1 saturated heterocycles. The molecule has 1 aromatic carbocycles. The Labute approximate surface area is 200 Å². The lowest BCUT2D eigenvalue weighted by molar-refractivity contribution is 0.00464. The Bertz CT molecular complexity index is 1480. The van der Waals surface area contributed by atoms with Gasteiger partial charge in [-0.15, -0.1) is 0 Å². The molecule has 5 heterocycles. The van der Waals surface area contributed by atoms with E-state index in [1.54, 1.807) is 21.4 Å². The van der Waals surface area contributed by atoms with E-state index in [0.29, 0.717) is 46.8 Å². The summed E-state index contributed by atoms with van der Waals surface area (Å²) >= 11 is 6.00. The lowest BCUT2D eigenvalue weighted by Crippen LogP contribution is -2.23. The van der Waals surface area contributed by atoms with Crippen molar-refractivity contribution in [1.82, 2.24) is 24.3 Å². The van der Waals surface area contributed by atoms with Gasteiger partial charge in [0.25, 0.3) is 5.56 Å². The number of fused-ring (bicyclic) bond motifs is 2. The van der Waals surface area contributed by atoms with Gasteiger partial charge in [0, 0.05) is 60.6 Å². The van der Waals surface area contributed by atoms with Crippen molar-refractivity contribution in [3.05, 3.63) is 74.9 Å². The number of aromatic nitrogens is 5. The highest BCUT2D eigenvalue weighted by Crippen LogP contribution is 2.39. The van der Waals surface area contributed by atoms with E-state index in [0.717, 1.165) is 36.3 Å².